The van der Waals surface area contributed by atoms with Crippen molar-refractivity contribution in [1.29, 1.82) is 0 Å². The molecule has 0 spiro atoms. The normalized spacial score (nSPS) is 12.6. The number of hydrogen-bond acceptors (Lipinski definition) is 4. The van der Waals surface area contributed by atoms with E-state index in [0.29, 0.717) is 16.3 Å². The maximum absolute atomic E-state index is 9.54. The van der Waals surface area contributed by atoms with E-state index < -0.39 is 0 Å². The first-order valence-electron chi connectivity index (χ1n) is 8.80. The molecule has 0 saturated heterocycles. The monoisotopic (exact) mass is 350 g/mol. The number of fused-ring (bicyclic) bond motifs is 1. The van der Waals surface area contributed by atoms with E-state index in [1.807, 2.05) is 4.57 Å². The fraction of sp³-hybridized carbons (Fsp3) is 0.611. The van der Waals surface area contributed by atoms with E-state index in [1.165, 1.54) is 44.9 Å². The fourth-order valence-corrected chi connectivity index (χ4v) is 3.17. The summed E-state index contributed by atoms with van der Waals surface area (Å²) < 4.78 is 1.96. The number of imidazole rings is 1. The van der Waals surface area contributed by atoms with E-state index in [1.54, 1.807) is 6.33 Å². The lowest BCUT2D eigenvalue weighted by molar-refractivity contribution is 0.309. The smallest absolute Gasteiger partial charge is 0.165 e. The van der Waals surface area contributed by atoms with Gasteiger partial charge in [0.1, 0.15) is 11.8 Å². The first kappa shape index (κ1) is 18.9. The zero-order chi connectivity index (χ0) is 17.4. The van der Waals surface area contributed by atoms with Crippen LogP contribution in [0.1, 0.15) is 64.3 Å². The van der Waals surface area contributed by atoms with Gasteiger partial charge in [0.2, 0.25) is 0 Å². The minimum atomic E-state index is -0.0420. The average Bonchev–Trinajstić information content (AvgIpc) is 3.02. The SMILES string of the molecule is C=C(CO)C(CCCCCCCCC)n1cnc2c(Cl)ncnc21. The summed E-state index contributed by atoms with van der Waals surface area (Å²) in [5.41, 5.74) is 2.06. The highest BCUT2D eigenvalue weighted by atomic mass is 35.5. The molecule has 2 aromatic heterocycles. The standard InChI is InChI=1S/C18H27ClN4O/c1-3-4-5-6-7-8-9-10-15(14(2)11-24)23-13-22-16-17(19)20-12-21-18(16)23/h12-13,15,24H,2-11H2,1H3. The summed E-state index contributed by atoms with van der Waals surface area (Å²) in [6.45, 7) is 6.21. The van der Waals surface area contributed by atoms with Crippen LogP contribution in [0.4, 0.5) is 0 Å². The number of aliphatic hydroxyl groups excluding tert-OH is 1. The van der Waals surface area contributed by atoms with Gasteiger partial charge in [-0.2, -0.15) is 0 Å². The number of hydrogen-bond donors (Lipinski definition) is 1. The molecule has 1 unspecified atom stereocenters. The van der Waals surface area contributed by atoms with Crippen LogP contribution in [-0.4, -0.2) is 31.2 Å². The first-order chi connectivity index (χ1) is 11.7. The van der Waals surface area contributed by atoms with Crippen LogP contribution in [0.2, 0.25) is 5.15 Å². The predicted molar refractivity (Wildman–Crippen MR) is 98.2 cm³/mol. The Hall–Kier alpha value is -1.46. The van der Waals surface area contributed by atoms with Crippen molar-refractivity contribution in [2.45, 2.75) is 64.3 Å². The molecule has 2 heterocycles. The second-order valence-electron chi connectivity index (χ2n) is 6.23. The number of rotatable bonds is 11. The Morgan fingerprint density at radius 1 is 1.17 bits per heavy atom. The molecule has 0 aliphatic heterocycles. The second-order valence-corrected chi connectivity index (χ2v) is 6.59. The van der Waals surface area contributed by atoms with Crippen LogP contribution in [0.15, 0.2) is 24.8 Å². The van der Waals surface area contributed by atoms with Crippen LogP contribution in [0.3, 0.4) is 0 Å². The quantitative estimate of drug-likeness (QED) is 0.362. The van der Waals surface area contributed by atoms with Gasteiger partial charge in [-0.15, -0.1) is 0 Å². The molecule has 0 bridgehead atoms. The van der Waals surface area contributed by atoms with Crippen molar-refractivity contribution >= 4 is 22.8 Å². The lowest BCUT2D eigenvalue weighted by atomic mass is 10.0. The molecular formula is C18H27ClN4O. The molecule has 1 atom stereocenters. The summed E-state index contributed by atoms with van der Waals surface area (Å²) in [4.78, 5) is 12.6. The number of aliphatic hydroxyl groups is 1. The Labute approximate surface area is 148 Å². The maximum Gasteiger partial charge on any atom is 0.165 e. The van der Waals surface area contributed by atoms with E-state index in [4.69, 9.17) is 11.6 Å². The number of aromatic nitrogens is 4. The first-order valence-corrected chi connectivity index (χ1v) is 9.18. The summed E-state index contributed by atoms with van der Waals surface area (Å²) in [5, 5.41) is 9.89. The molecule has 6 heteroatoms. The minimum Gasteiger partial charge on any atom is -0.392 e. The largest absolute Gasteiger partial charge is 0.392 e. The molecule has 1 N–H and O–H groups in total. The molecule has 2 rings (SSSR count). The highest BCUT2D eigenvalue weighted by Crippen LogP contribution is 2.28. The third kappa shape index (κ3) is 4.77. The summed E-state index contributed by atoms with van der Waals surface area (Å²) >= 11 is 6.08. The zero-order valence-corrected chi connectivity index (χ0v) is 15.2. The fourth-order valence-electron chi connectivity index (χ4n) is 2.99. The summed E-state index contributed by atoms with van der Waals surface area (Å²) in [7, 11) is 0. The van der Waals surface area contributed by atoms with Gasteiger partial charge in [-0.3, -0.25) is 0 Å². The molecule has 2 aromatic rings. The molecule has 0 aromatic carbocycles. The predicted octanol–water partition coefficient (Wildman–Crippen LogP) is 4.71. The Bertz CT molecular complexity index is 656. The van der Waals surface area contributed by atoms with Crippen molar-refractivity contribution < 1.29 is 5.11 Å². The molecule has 5 nitrogen and oxygen atoms in total. The number of halogens is 1. The highest BCUT2D eigenvalue weighted by Gasteiger charge is 2.18. The van der Waals surface area contributed by atoms with Crippen LogP contribution in [0, 0.1) is 0 Å². The van der Waals surface area contributed by atoms with E-state index in [-0.39, 0.29) is 12.6 Å². The van der Waals surface area contributed by atoms with Crippen molar-refractivity contribution in [3.8, 4) is 0 Å². The maximum atomic E-state index is 9.54. The van der Waals surface area contributed by atoms with E-state index >= 15 is 0 Å². The number of nitrogens with zero attached hydrogens (tertiary/aromatic N) is 4. The summed E-state index contributed by atoms with van der Waals surface area (Å²) in [5.74, 6) is 0. The van der Waals surface area contributed by atoms with Crippen LogP contribution >= 0.6 is 11.6 Å². The van der Waals surface area contributed by atoms with Crippen LogP contribution in [0.25, 0.3) is 11.2 Å². The average molecular weight is 351 g/mol. The zero-order valence-electron chi connectivity index (χ0n) is 14.4. The third-order valence-electron chi connectivity index (χ3n) is 4.41. The molecule has 24 heavy (non-hydrogen) atoms. The lowest BCUT2D eigenvalue weighted by Gasteiger charge is -2.20. The van der Waals surface area contributed by atoms with E-state index in [2.05, 4.69) is 28.5 Å². The summed E-state index contributed by atoms with van der Waals surface area (Å²) in [6.07, 6.45) is 12.9. The molecule has 0 saturated carbocycles. The van der Waals surface area contributed by atoms with Crippen molar-refractivity contribution in [2.24, 2.45) is 0 Å². The Kier molecular flexibility index (Phi) is 7.66. The molecule has 132 valence electrons. The molecule has 0 radical (unpaired) electrons. The van der Waals surface area contributed by atoms with Gasteiger partial charge in [-0.25, -0.2) is 15.0 Å². The van der Waals surface area contributed by atoms with E-state index in [0.717, 1.165) is 18.4 Å². The van der Waals surface area contributed by atoms with Gasteiger partial charge in [-0.1, -0.05) is 70.0 Å². The molecular weight excluding hydrogens is 324 g/mol. The van der Waals surface area contributed by atoms with E-state index in [9.17, 15) is 5.11 Å². The van der Waals surface area contributed by atoms with Gasteiger partial charge in [0.05, 0.1) is 19.0 Å². The van der Waals surface area contributed by atoms with Crippen molar-refractivity contribution in [2.75, 3.05) is 6.61 Å². The Balaban J connectivity index is 2.00. The minimum absolute atomic E-state index is 0.0124. The topological polar surface area (TPSA) is 63.8 Å². The van der Waals surface area contributed by atoms with Gasteiger partial charge >= 0.3 is 0 Å². The Morgan fingerprint density at radius 3 is 2.58 bits per heavy atom. The molecule has 0 fully saturated rings. The number of unbranched alkanes of at least 4 members (excludes halogenated alkanes) is 6. The van der Waals surface area contributed by atoms with Crippen LogP contribution in [0.5, 0.6) is 0 Å². The van der Waals surface area contributed by atoms with Gasteiger partial charge in [0, 0.05) is 0 Å². The van der Waals surface area contributed by atoms with Crippen LogP contribution < -0.4 is 0 Å². The van der Waals surface area contributed by atoms with Gasteiger partial charge in [-0.05, 0) is 12.0 Å². The highest BCUT2D eigenvalue weighted by molar-refractivity contribution is 6.33. The van der Waals surface area contributed by atoms with Gasteiger partial charge < -0.3 is 9.67 Å². The third-order valence-corrected chi connectivity index (χ3v) is 4.68. The van der Waals surface area contributed by atoms with Crippen molar-refractivity contribution in [3.05, 3.63) is 30.0 Å². The van der Waals surface area contributed by atoms with Gasteiger partial charge in [0.25, 0.3) is 0 Å². The molecule has 0 aliphatic rings. The molecule has 0 amide bonds. The summed E-state index contributed by atoms with van der Waals surface area (Å²) in [6, 6.07) is -0.0124. The second kappa shape index (κ2) is 9.74. The van der Waals surface area contributed by atoms with Crippen molar-refractivity contribution in [3.63, 3.8) is 0 Å². The Morgan fingerprint density at radius 2 is 1.88 bits per heavy atom. The lowest BCUT2D eigenvalue weighted by Crippen LogP contribution is -2.13. The molecule has 0 aliphatic carbocycles. The van der Waals surface area contributed by atoms with Crippen LogP contribution in [-0.2, 0) is 0 Å². The van der Waals surface area contributed by atoms with Gasteiger partial charge in [0.15, 0.2) is 10.8 Å². The van der Waals surface area contributed by atoms with Crippen molar-refractivity contribution in [1.82, 2.24) is 19.5 Å².